The number of methoxy groups -OCH3 is 1. The van der Waals surface area contributed by atoms with E-state index < -0.39 is 0 Å². The van der Waals surface area contributed by atoms with E-state index in [2.05, 4.69) is 45.2 Å². The molecule has 3 heteroatoms. The minimum absolute atomic E-state index is 0.838. The van der Waals surface area contributed by atoms with Gasteiger partial charge in [-0.05, 0) is 43.0 Å². The Labute approximate surface area is 123 Å². The van der Waals surface area contributed by atoms with Gasteiger partial charge in [-0.15, -0.1) is 0 Å². The number of hydrogen-bond donors (Lipinski definition) is 0. The van der Waals surface area contributed by atoms with Crippen LogP contribution in [0.4, 0.5) is 0 Å². The number of hydrogen-bond acceptors (Lipinski definition) is 2. The molecule has 0 unspecified atom stereocenters. The van der Waals surface area contributed by atoms with Gasteiger partial charge in [0.1, 0.15) is 0 Å². The van der Waals surface area contributed by atoms with Gasteiger partial charge in [-0.1, -0.05) is 34.1 Å². The number of nitrogens with zero attached hydrogens (tertiary/aromatic N) is 1. The van der Waals surface area contributed by atoms with Crippen molar-refractivity contribution in [1.82, 2.24) is 4.98 Å². The average Bonchev–Trinajstić information content (AvgIpc) is 2.45. The smallest absolute Gasteiger partial charge is 0.0702 e. The quantitative estimate of drug-likeness (QED) is 0.732. The summed E-state index contributed by atoms with van der Waals surface area (Å²) in [4.78, 5) is 4.53. The molecule has 1 aromatic heterocycles. The van der Waals surface area contributed by atoms with Gasteiger partial charge in [-0.2, -0.15) is 0 Å². The normalized spacial score (nSPS) is 10.6. The van der Waals surface area contributed by atoms with Gasteiger partial charge in [-0.25, -0.2) is 0 Å². The second-order valence-corrected chi connectivity index (χ2v) is 5.42. The minimum Gasteiger partial charge on any atom is -0.385 e. The van der Waals surface area contributed by atoms with Gasteiger partial charge in [0.2, 0.25) is 0 Å². The summed E-state index contributed by atoms with van der Waals surface area (Å²) in [5.74, 6) is 0. The van der Waals surface area contributed by atoms with E-state index in [0.29, 0.717) is 0 Å². The molecule has 0 radical (unpaired) electrons. The highest BCUT2D eigenvalue weighted by Crippen LogP contribution is 2.20. The summed E-state index contributed by atoms with van der Waals surface area (Å²) in [5.41, 5.74) is 3.46. The zero-order valence-electron chi connectivity index (χ0n) is 11.1. The van der Waals surface area contributed by atoms with Crippen LogP contribution in [-0.4, -0.2) is 18.7 Å². The lowest BCUT2D eigenvalue weighted by Gasteiger charge is -2.04. The number of ether oxygens (including phenoxy) is 1. The van der Waals surface area contributed by atoms with Gasteiger partial charge in [0, 0.05) is 29.9 Å². The first-order chi connectivity index (χ1) is 9.29. The summed E-state index contributed by atoms with van der Waals surface area (Å²) >= 11 is 3.44. The maximum Gasteiger partial charge on any atom is 0.0702 e. The highest BCUT2D eigenvalue weighted by molar-refractivity contribution is 9.10. The van der Waals surface area contributed by atoms with Crippen LogP contribution in [0.5, 0.6) is 0 Å². The standard InChI is InChI=1S/C16H18BrNO/c1-19-11-3-2-4-13-5-10-16(18-12-13)14-6-8-15(17)9-7-14/h5-10,12H,2-4,11H2,1H3. The highest BCUT2D eigenvalue weighted by Gasteiger charge is 2.00. The number of rotatable bonds is 6. The molecule has 0 aliphatic heterocycles. The number of unbranched alkanes of at least 4 members (excludes halogenated alkanes) is 1. The van der Waals surface area contributed by atoms with E-state index in [-0.39, 0.29) is 0 Å². The molecule has 0 atom stereocenters. The molecule has 1 aromatic carbocycles. The predicted octanol–water partition coefficient (Wildman–Crippen LogP) is 4.48. The largest absolute Gasteiger partial charge is 0.385 e. The van der Waals surface area contributed by atoms with Crippen LogP contribution >= 0.6 is 15.9 Å². The molecule has 2 aromatic rings. The Morgan fingerprint density at radius 1 is 1.05 bits per heavy atom. The molecule has 2 rings (SSSR count). The summed E-state index contributed by atoms with van der Waals surface area (Å²) in [7, 11) is 1.74. The maximum absolute atomic E-state index is 5.05. The molecular formula is C16H18BrNO. The first-order valence-electron chi connectivity index (χ1n) is 6.49. The number of pyridine rings is 1. The zero-order chi connectivity index (χ0) is 13.5. The molecule has 0 bridgehead atoms. The lowest BCUT2D eigenvalue weighted by atomic mass is 10.1. The van der Waals surface area contributed by atoms with Gasteiger partial charge in [0.25, 0.3) is 0 Å². The van der Waals surface area contributed by atoms with Crippen LogP contribution in [-0.2, 0) is 11.2 Å². The fourth-order valence-corrected chi connectivity index (χ4v) is 2.20. The summed E-state index contributed by atoms with van der Waals surface area (Å²) < 4.78 is 6.14. The van der Waals surface area contributed by atoms with Crippen LogP contribution in [0.25, 0.3) is 11.3 Å². The Bertz CT molecular complexity index is 493. The first kappa shape index (κ1) is 14.2. The molecule has 0 saturated carbocycles. The second kappa shape index (κ2) is 7.41. The van der Waals surface area contributed by atoms with E-state index in [4.69, 9.17) is 4.74 Å². The van der Waals surface area contributed by atoms with Crippen molar-refractivity contribution in [2.45, 2.75) is 19.3 Å². The zero-order valence-corrected chi connectivity index (χ0v) is 12.7. The molecule has 0 amide bonds. The van der Waals surface area contributed by atoms with Crippen molar-refractivity contribution in [3.05, 3.63) is 52.6 Å². The highest BCUT2D eigenvalue weighted by atomic mass is 79.9. The molecule has 19 heavy (non-hydrogen) atoms. The SMILES string of the molecule is COCCCCc1ccc(-c2ccc(Br)cc2)nc1. The molecule has 2 nitrogen and oxygen atoms in total. The van der Waals surface area contributed by atoms with Crippen LogP contribution in [0.3, 0.4) is 0 Å². The van der Waals surface area contributed by atoms with Crippen molar-refractivity contribution in [3.63, 3.8) is 0 Å². The lowest BCUT2D eigenvalue weighted by molar-refractivity contribution is 0.193. The number of benzene rings is 1. The van der Waals surface area contributed by atoms with Crippen LogP contribution < -0.4 is 0 Å². The van der Waals surface area contributed by atoms with E-state index >= 15 is 0 Å². The third-order valence-electron chi connectivity index (χ3n) is 3.03. The average molecular weight is 320 g/mol. The van der Waals surface area contributed by atoms with Gasteiger partial charge in [0.15, 0.2) is 0 Å². The predicted molar refractivity (Wildman–Crippen MR) is 82.2 cm³/mol. The third kappa shape index (κ3) is 4.44. The van der Waals surface area contributed by atoms with Gasteiger partial charge in [-0.3, -0.25) is 4.98 Å². The Kier molecular flexibility index (Phi) is 5.55. The van der Waals surface area contributed by atoms with Gasteiger partial charge < -0.3 is 4.74 Å². The van der Waals surface area contributed by atoms with Crippen molar-refractivity contribution >= 4 is 15.9 Å². The van der Waals surface area contributed by atoms with E-state index in [9.17, 15) is 0 Å². The molecule has 1 heterocycles. The second-order valence-electron chi connectivity index (χ2n) is 4.51. The summed E-state index contributed by atoms with van der Waals surface area (Å²) in [6.45, 7) is 0.838. The molecule has 0 fully saturated rings. The molecular weight excluding hydrogens is 302 g/mol. The topological polar surface area (TPSA) is 22.1 Å². The maximum atomic E-state index is 5.05. The summed E-state index contributed by atoms with van der Waals surface area (Å²) in [6.07, 6.45) is 5.29. The van der Waals surface area contributed by atoms with E-state index in [1.807, 2.05) is 18.3 Å². The number of aromatic nitrogens is 1. The monoisotopic (exact) mass is 319 g/mol. The molecule has 0 spiro atoms. The molecule has 0 aliphatic carbocycles. The van der Waals surface area contributed by atoms with Gasteiger partial charge in [0.05, 0.1) is 5.69 Å². The van der Waals surface area contributed by atoms with Crippen LogP contribution in [0.2, 0.25) is 0 Å². The van der Waals surface area contributed by atoms with Gasteiger partial charge >= 0.3 is 0 Å². The van der Waals surface area contributed by atoms with Crippen molar-refractivity contribution < 1.29 is 4.74 Å². The van der Waals surface area contributed by atoms with E-state index in [1.165, 1.54) is 5.56 Å². The van der Waals surface area contributed by atoms with E-state index in [0.717, 1.165) is 41.6 Å². The fraction of sp³-hybridized carbons (Fsp3) is 0.312. The number of halogens is 1. The summed E-state index contributed by atoms with van der Waals surface area (Å²) in [5, 5.41) is 0. The van der Waals surface area contributed by atoms with Crippen molar-refractivity contribution in [2.75, 3.05) is 13.7 Å². The third-order valence-corrected chi connectivity index (χ3v) is 3.56. The van der Waals surface area contributed by atoms with Crippen LogP contribution in [0.15, 0.2) is 47.1 Å². The molecule has 0 saturated heterocycles. The fourth-order valence-electron chi connectivity index (χ4n) is 1.94. The summed E-state index contributed by atoms with van der Waals surface area (Å²) in [6, 6.07) is 12.5. The minimum atomic E-state index is 0.838. The van der Waals surface area contributed by atoms with Crippen molar-refractivity contribution in [1.29, 1.82) is 0 Å². The molecule has 0 N–H and O–H groups in total. The van der Waals surface area contributed by atoms with Crippen molar-refractivity contribution in [2.24, 2.45) is 0 Å². The molecule has 100 valence electrons. The van der Waals surface area contributed by atoms with Crippen molar-refractivity contribution in [3.8, 4) is 11.3 Å². The first-order valence-corrected chi connectivity index (χ1v) is 7.28. The molecule has 0 aliphatic rings. The van der Waals surface area contributed by atoms with Crippen LogP contribution in [0, 0.1) is 0 Å². The Balaban J connectivity index is 1.96. The Morgan fingerprint density at radius 2 is 1.84 bits per heavy atom. The van der Waals surface area contributed by atoms with E-state index in [1.54, 1.807) is 7.11 Å². The van der Waals surface area contributed by atoms with Crippen LogP contribution in [0.1, 0.15) is 18.4 Å². The number of aryl methyl sites for hydroxylation is 1. The lowest BCUT2D eigenvalue weighted by Crippen LogP contribution is -1.92. The Hall–Kier alpha value is -1.19. The Morgan fingerprint density at radius 3 is 2.47 bits per heavy atom.